The summed E-state index contributed by atoms with van der Waals surface area (Å²) in [4.78, 5) is 2.33. The number of nitrogens with one attached hydrogen (secondary N) is 1. The van der Waals surface area contributed by atoms with Crippen molar-refractivity contribution in [3.8, 4) is 5.75 Å². The maximum atomic E-state index is 5.52. The Morgan fingerprint density at radius 1 is 1.32 bits per heavy atom. The van der Waals surface area contributed by atoms with Crippen molar-refractivity contribution in [2.24, 2.45) is 0 Å². The van der Waals surface area contributed by atoms with E-state index in [0.29, 0.717) is 6.04 Å². The van der Waals surface area contributed by atoms with E-state index in [-0.39, 0.29) is 0 Å². The fourth-order valence-corrected chi connectivity index (χ4v) is 2.16. The highest BCUT2D eigenvalue weighted by Crippen LogP contribution is 2.26. The molecule has 0 aliphatic rings. The van der Waals surface area contributed by atoms with Crippen molar-refractivity contribution in [3.05, 3.63) is 29.3 Å². The van der Waals surface area contributed by atoms with Crippen LogP contribution in [-0.2, 0) is 0 Å². The molecule has 1 rings (SSSR count). The van der Waals surface area contributed by atoms with E-state index in [1.165, 1.54) is 11.1 Å². The predicted molar refractivity (Wildman–Crippen MR) is 81.9 cm³/mol. The minimum Gasteiger partial charge on any atom is -0.496 e. The Labute approximate surface area is 118 Å². The van der Waals surface area contributed by atoms with Crippen LogP contribution in [0.5, 0.6) is 5.75 Å². The van der Waals surface area contributed by atoms with Gasteiger partial charge in [0.15, 0.2) is 0 Å². The Kier molecular flexibility index (Phi) is 6.89. The fraction of sp³-hybridized carbons (Fsp3) is 0.625. The van der Waals surface area contributed by atoms with Crippen molar-refractivity contribution in [3.63, 3.8) is 0 Å². The topological polar surface area (TPSA) is 24.5 Å². The smallest absolute Gasteiger partial charge is 0.123 e. The lowest BCUT2D eigenvalue weighted by atomic mass is 10.0. The van der Waals surface area contributed by atoms with Gasteiger partial charge in [0.25, 0.3) is 0 Å². The quantitative estimate of drug-likeness (QED) is 0.781. The second-order valence-corrected chi connectivity index (χ2v) is 5.11. The van der Waals surface area contributed by atoms with Crippen LogP contribution in [0.25, 0.3) is 0 Å². The van der Waals surface area contributed by atoms with Crippen molar-refractivity contribution in [1.29, 1.82) is 0 Å². The van der Waals surface area contributed by atoms with Crippen LogP contribution >= 0.6 is 0 Å². The molecule has 19 heavy (non-hydrogen) atoms. The van der Waals surface area contributed by atoms with Crippen LogP contribution in [0.1, 0.15) is 37.4 Å². The molecule has 3 heteroatoms. The van der Waals surface area contributed by atoms with Gasteiger partial charge in [-0.05, 0) is 39.5 Å². The summed E-state index contributed by atoms with van der Waals surface area (Å²) in [6, 6.07) is 6.72. The van der Waals surface area contributed by atoms with Gasteiger partial charge in [-0.2, -0.15) is 0 Å². The van der Waals surface area contributed by atoms with E-state index in [0.717, 1.165) is 31.8 Å². The number of methoxy groups -OCH3 is 1. The molecule has 1 unspecified atom stereocenters. The third-order valence-corrected chi connectivity index (χ3v) is 3.44. The largest absolute Gasteiger partial charge is 0.496 e. The number of likely N-dealkylation sites (N-methyl/N-ethyl adjacent to an activating group) is 1. The summed E-state index contributed by atoms with van der Waals surface area (Å²) in [5, 5.41) is 3.63. The van der Waals surface area contributed by atoms with Crippen LogP contribution < -0.4 is 10.1 Å². The summed E-state index contributed by atoms with van der Waals surface area (Å²) >= 11 is 0. The van der Waals surface area contributed by atoms with Gasteiger partial charge in [-0.15, -0.1) is 0 Å². The molecule has 0 heterocycles. The fourth-order valence-electron chi connectivity index (χ4n) is 2.16. The lowest BCUT2D eigenvalue weighted by Gasteiger charge is -2.26. The van der Waals surface area contributed by atoms with E-state index in [9.17, 15) is 0 Å². The van der Waals surface area contributed by atoms with E-state index >= 15 is 0 Å². The van der Waals surface area contributed by atoms with Crippen LogP contribution in [0.2, 0.25) is 0 Å². The molecule has 0 aromatic heterocycles. The molecule has 0 aliphatic carbocycles. The molecule has 1 N–H and O–H groups in total. The standard InChI is InChI=1S/C16H28N2O/c1-6-10-17-15(12-18(4)7-2)14-11-13(3)8-9-16(14)19-5/h8-9,11,15,17H,6-7,10,12H2,1-5H3. The molecule has 0 spiro atoms. The Balaban J connectivity index is 2.97. The average molecular weight is 264 g/mol. The minimum atomic E-state index is 0.319. The highest BCUT2D eigenvalue weighted by molar-refractivity contribution is 5.39. The average Bonchev–Trinajstić information content (AvgIpc) is 2.43. The highest BCUT2D eigenvalue weighted by atomic mass is 16.5. The second-order valence-electron chi connectivity index (χ2n) is 5.11. The Bertz CT molecular complexity index is 379. The lowest BCUT2D eigenvalue weighted by Crippen LogP contribution is -2.33. The zero-order valence-electron chi connectivity index (χ0n) is 13.0. The van der Waals surface area contributed by atoms with Crippen LogP contribution in [0, 0.1) is 6.92 Å². The summed E-state index contributed by atoms with van der Waals surface area (Å²) in [6.07, 6.45) is 1.14. The molecular weight excluding hydrogens is 236 g/mol. The molecule has 0 saturated carbocycles. The highest BCUT2D eigenvalue weighted by Gasteiger charge is 2.17. The summed E-state index contributed by atoms with van der Waals surface area (Å²) < 4.78 is 5.52. The summed E-state index contributed by atoms with van der Waals surface area (Å²) in [7, 11) is 3.90. The van der Waals surface area contributed by atoms with Gasteiger partial charge in [-0.25, -0.2) is 0 Å². The summed E-state index contributed by atoms with van der Waals surface area (Å²) in [6.45, 7) is 9.59. The van der Waals surface area contributed by atoms with Gasteiger partial charge in [0.2, 0.25) is 0 Å². The predicted octanol–water partition coefficient (Wildman–Crippen LogP) is 3.00. The van der Waals surface area contributed by atoms with E-state index in [1.807, 2.05) is 0 Å². The normalized spacial score (nSPS) is 12.7. The number of rotatable bonds is 8. The molecule has 3 nitrogen and oxygen atoms in total. The lowest BCUT2D eigenvalue weighted by molar-refractivity contribution is 0.298. The molecule has 108 valence electrons. The molecule has 0 radical (unpaired) electrons. The first-order valence-electron chi connectivity index (χ1n) is 7.18. The summed E-state index contributed by atoms with van der Waals surface area (Å²) in [5.74, 6) is 0.976. The molecule has 0 amide bonds. The molecule has 1 aromatic rings. The molecular formula is C16H28N2O. The van der Waals surface area contributed by atoms with Crippen molar-refractivity contribution < 1.29 is 4.74 Å². The zero-order valence-corrected chi connectivity index (χ0v) is 13.0. The number of hydrogen-bond donors (Lipinski definition) is 1. The Hall–Kier alpha value is -1.06. The van der Waals surface area contributed by atoms with Gasteiger partial charge in [0.1, 0.15) is 5.75 Å². The first-order chi connectivity index (χ1) is 9.12. The number of aryl methyl sites for hydroxylation is 1. The van der Waals surface area contributed by atoms with Gasteiger partial charge in [-0.1, -0.05) is 31.5 Å². The first kappa shape index (κ1) is 16.0. The third-order valence-electron chi connectivity index (χ3n) is 3.44. The molecule has 1 aromatic carbocycles. The zero-order chi connectivity index (χ0) is 14.3. The SMILES string of the molecule is CCCNC(CN(C)CC)c1cc(C)ccc1OC. The van der Waals surface area contributed by atoms with Crippen molar-refractivity contribution in [2.45, 2.75) is 33.2 Å². The summed E-state index contributed by atoms with van der Waals surface area (Å²) in [5.41, 5.74) is 2.54. The third kappa shape index (κ3) is 4.84. The van der Waals surface area contributed by atoms with Crippen LogP contribution in [0.4, 0.5) is 0 Å². The van der Waals surface area contributed by atoms with Crippen molar-refractivity contribution >= 4 is 0 Å². The Morgan fingerprint density at radius 2 is 2.05 bits per heavy atom. The van der Waals surface area contributed by atoms with E-state index in [1.54, 1.807) is 7.11 Å². The monoisotopic (exact) mass is 264 g/mol. The van der Waals surface area contributed by atoms with Crippen LogP contribution in [0.3, 0.4) is 0 Å². The van der Waals surface area contributed by atoms with Crippen molar-refractivity contribution in [2.75, 3.05) is 33.8 Å². The van der Waals surface area contributed by atoms with Crippen LogP contribution in [-0.4, -0.2) is 38.7 Å². The molecule has 0 fully saturated rings. The maximum absolute atomic E-state index is 5.52. The van der Waals surface area contributed by atoms with E-state index < -0.39 is 0 Å². The molecule has 0 aliphatic heterocycles. The second kappa shape index (κ2) is 8.18. The van der Waals surface area contributed by atoms with Crippen molar-refractivity contribution in [1.82, 2.24) is 10.2 Å². The number of benzene rings is 1. The molecule has 0 saturated heterocycles. The molecule has 0 bridgehead atoms. The first-order valence-corrected chi connectivity index (χ1v) is 7.18. The van der Waals surface area contributed by atoms with Gasteiger partial charge in [0, 0.05) is 18.2 Å². The van der Waals surface area contributed by atoms with E-state index in [2.05, 4.69) is 56.2 Å². The van der Waals surface area contributed by atoms with Gasteiger partial charge < -0.3 is 15.0 Å². The Morgan fingerprint density at radius 3 is 2.63 bits per heavy atom. The number of nitrogens with zero attached hydrogens (tertiary/aromatic N) is 1. The van der Waals surface area contributed by atoms with Gasteiger partial charge in [0.05, 0.1) is 7.11 Å². The minimum absolute atomic E-state index is 0.319. The van der Waals surface area contributed by atoms with Gasteiger partial charge >= 0.3 is 0 Å². The van der Waals surface area contributed by atoms with Gasteiger partial charge in [-0.3, -0.25) is 0 Å². The van der Waals surface area contributed by atoms with E-state index in [4.69, 9.17) is 4.74 Å². The number of ether oxygens (including phenoxy) is 1. The maximum Gasteiger partial charge on any atom is 0.123 e. The molecule has 1 atom stereocenters. The van der Waals surface area contributed by atoms with Crippen LogP contribution in [0.15, 0.2) is 18.2 Å². The number of hydrogen-bond acceptors (Lipinski definition) is 3.